The maximum Gasteiger partial charge on any atom is 0.255 e. The van der Waals surface area contributed by atoms with Gasteiger partial charge < -0.3 is 10.6 Å². The van der Waals surface area contributed by atoms with Gasteiger partial charge in [0.1, 0.15) is 6.04 Å². The van der Waals surface area contributed by atoms with Crippen molar-refractivity contribution in [2.24, 2.45) is 0 Å². The molecule has 36 heavy (non-hydrogen) atoms. The molecule has 1 amide bonds. The third-order valence-corrected chi connectivity index (χ3v) is 7.33. The number of aromatic nitrogens is 3. The molecule has 0 radical (unpaired) electrons. The molecular formula is C29H29N5OS. The number of fused-ring (bicyclic) bond motifs is 1. The van der Waals surface area contributed by atoms with Gasteiger partial charge in [-0.25, -0.2) is 4.68 Å². The number of carbonyl (C=O) groups is 1. The van der Waals surface area contributed by atoms with Crippen LogP contribution in [0.2, 0.25) is 0 Å². The molecule has 1 aliphatic heterocycles. The van der Waals surface area contributed by atoms with Crippen LogP contribution in [0.4, 0.5) is 11.6 Å². The normalized spacial score (nSPS) is 14.8. The minimum Gasteiger partial charge on any atom is -0.328 e. The van der Waals surface area contributed by atoms with E-state index in [0.29, 0.717) is 16.7 Å². The lowest BCUT2D eigenvalue weighted by Crippen LogP contribution is -2.31. The van der Waals surface area contributed by atoms with Crippen LogP contribution in [0.15, 0.2) is 89.2 Å². The van der Waals surface area contributed by atoms with Crippen LogP contribution in [0.5, 0.6) is 0 Å². The van der Waals surface area contributed by atoms with Crippen LogP contribution in [0.3, 0.4) is 0 Å². The molecule has 1 unspecified atom stereocenters. The van der Waals surface area contributed by atoms with E-state index in [1.807, 2.05) is 73.1 Å². The van der Waals surface area contributed by atoms with Crippen LogP contribution in [0, 0.1) is 20.8 Å². The van der Waals surface area contributed by atoms with E-state index >= 15 is 0 Å². The van der Waals surface area contributed by atoms with Crippen molar-refractivity contribution in [3.63, 3.8) is 0 Å². The lowest BCUT2D eigenvalue weighted by Gasteiger charge is -2.28. The molecule has 2 heterocycles. The second-order valence-corrected chi connectivity index (χ2v) is 10.1. The highest BCUT2D eigenvalue weighted by Gasteiger charge is 2.34. The van der Waals surface area contributed by atoms with Crippen LogP contribution >= 0.6 is 11.8 Å². The second-order valence-electron chi connectivity index (χ2n) is 9.13. The summed E-state index contributed by atoms with van der Waals surface area (Å²) in [5.41, 5.74) is 7.93. The lowest BCUT2D eigenvalue weighted by molar-refractivity contribution is -0.113. The number of nitrogens with one attached hydrogen (secondary N) is 2. The minimum absolute atomic E-state index is 0.158. The Morgan fingerprint density at radius 3 is 2.50 bits per heavy atom. The predicted molar refractivity (Wildman–Crippen MR) is 146 cm³/mol. The van der Waals surface area contributed by atoms with Crippen molar-refractivity contribution in [1.29, 1.82) is 0 Å². The molecule has 1 aliphatic rings. The summed E-state index contributed by atoms with van der Waals surface area (Å²) < 4.78 is 1.83. The number of para-hydroxylation sites is 1. The number of aryl methyl sites for hydroxylation is 3. The molecule has 1 atom stereocenters. The highest BCUT2D eigenvalue weighted by molar-refractivity contribution is 7.98. The topological polar surface area (TPSA) is 71.8 Å². The van der Waals surface area contributed by atoms with E-state index in [9.17, 15) is 4.79 Å². The first-order chi connectivity index (χ1) is 17.4. The molecule has 182 valence electrons. The number of hydrogen-bond donors (Lipinski definition) is 2. The first-order valence-corrected chi connectivity index (χ1v) is 12.9. The Labute approximate surface area is 215 Å². The third kappa shape index (κ3) is 4.79. The number of benzene rings is 3. The lowest BCUT2D eigenvalue weighted by atomic mass is 9.95. The zero-order chi connectivity index (χ0) is 25.2. The number of rotatable bonds is 6. The maximum atomic E-state index is 13.6. The minimum atomic E-state index is -0.394. The van der Waals surface area contributed by atoms with Crippen LogP contribution in [-0.2, 0) is 10.5 Å². The zero-order valence-corrected chi connectivity index (χ0v) is 21.7. The fourth-order valence-corrected chi connectivity index (χ4v) is 5.32. The zero-order valence-electron chi connectivity index (χ0n) is 20.9. The Kier molecular flexibility index (Phi) is 6.65. The summed E-state index contributed by atoms with van der Waals surface area (Å²) >= 11 is 1.60. The van der Waals surface area contributed by atoms with E-state index in [1.165, 1.54) is 16.7 Å². The molecule has 6 nitrogen and oxygen atoms in total. The number of allylic oxidation sites excluding steroid dienone is 1. The van der Waals surface area contributed by atoms with Crippen LogP contribution in [0.1, 0.15) is 40.8 Å². The first kappa shape index (κ1) is 23.9. The van der Waals surface area contributed by atoms with Crippen molar-refractivity contribution in [2.75, 3.05) is 10.6 Å². The Balaban J connectivity index is 1.48. The van der Waals surface area contributed by atoms with Crippen LogP contribution in [0.25, 0.3) is 0 Å². The summed E-state index contributed by atoms with van der Waals surface area (Å²) in [7, 11) is 0. The van der Waals surface area contributed by atoms with Gasteiger partial charge in [-0.3, -0.25) is 4.79 Å². The quantitative estimate of drug-likeness (QED) is 0.302. The van der Waals surface area contributed by atoms with E-state index in [1.54, 1.807) is 11.8 Å². The molecule has 4 aromatic rings. The monoisotopic (exact) mass is 495 g/mol. The highest BCUT2D eigenvalue weighted by atomic mass is 32.2. The SMILES string of the molecule is CC1=C(C(=O)Nc2ccccc2C)C(c2ccccc2)n2nc(SCc3cc(C)ccc3C)nc2N1. The molecule has 0 bridgehead atoms. The molecule has 2 N–H and O–H groups in total. The highest BCUT2D eigenvalue weighted by Crippen LogP contribution is 2.37. The molecular weight excluding hydrogens is 466 g/mol. The molecule has 5 rings (SSSR count). The van der Waals surface area contributed by atoms with Gasteiger partial charge >= 0.3 is 0 Å². The van der Waals surface area contributed by atoms with Gasteiger partial charge in [0, 0.05) is 17.1 Å². The Morgan fingerprint density at radius 1 is 0.972 bits per heavy atom. The number of carbonyl (C=O) groups excluding carboxylic acids is 1. The second kappa shape index (κ2) is 10.0. The average Bonchev–Trinajstić information content (AvgIpc) is 3.28. The third-order valence-electron chi connectivity index (χ3n) is 6.45. The van der Waals surface area contributed by atoms with Gasteiger partial charge in [-0.15, -0.1) is 5.10 Å². The summed E-state index contributed by atoms with van der Waals surface area (Å²) in [6, 6.07) is 23.9. The van der Waals surface area contributed by atoms with Gasteiger partial charge in [0.05, 0.1) is 5.57 Å². The van der Waals surface area contributed by atoms with E-state index in [2.05, 4.69) is 42.7 Å². The van der Waals surface area contributed by atoms with Gasteiger partial charge in [0.2, 0.25) is 11.1 Å². The summed E-state index contributed by atoms with van der Waals surface area (Å²) in [6.45, 7) is 8.14. The molecule has 0 spiro atoms. The Morgan fingerprint density at radius 2 is 1.72 bits per heavy atom. The van der Waals surface area contributed by atoms with Crippen molar-refractivity contribution in [2.45, 2.75) is 44.6 Å². The van der Waals surface area contributed by atoms with Gasteiger partial charge in [0.15, 0.2) is 0 Å². The number of nitrogens with zero attached hydrogens (tertiary/aromatic N) is 3. The van der Waals surface area contributed by atoms with E-state index in [4.69, 9.17) is 10.1 Å². The fourth-order valence-electron chi connectivity index (χ4n) is 4.43. The van der Waals surface area contributed by atoms with E-state index in [0.717, 1.165) is 28.3 Å². The number of amides is 1. The van der Waals surface area contributed by atoms with Crippen LogP contribution < -0.4 is 10.6 Å². The van der Waals surface area contributed by atoms with Crippen molar-refractivity contribution in [1.82, 2.24) is 14.8 Å². The van der Waals surface area contributed by atoms with Gasteiger partial charge in [0.25, 0.3) is 5.91 Å². The fraction of sp³-hybridized carbons (Fsp3) is 0.207. The molecule has 3 aromatic carbocycles. The Hall–Kier alpha value is -3.84. The van der Waals surface area contributed by atoms with E-state index in [-0.39, 0.29) is 5.91 Å². The maximum absolute atomic E-state index is 13.6. The number of thioether (sulfide) groups is 1. The summed E-state index contributed by atoms with van der Waals surface area (Å²) in [6.07, 6.45) is 0. The summed E-state index contributed by atoms with van der Waals surface area (Å²) in [5.74, 6) is 1.26. The van der Waals surface area contributed by atoms with Gasteiger partial charge in [-0.2, -0.15) is 4.98 Å². The molecule has 0 aliphatic carbocycles. The van der Waals surface area contributed by atoms with Crippen LogP contribution in [-0.4, -0.2) is 20.7 Å². The summed E-state index contributed by atoms with van der Waals surface area (Å²) in [5, 5.41) is 12.0. The summed E-state index contributed by atoms with van der Waals surface area (Å²) in [4.78, 5) is 18.4. The predicted octanol–water partition coefficient (Wildman–Crippen LogP) is 6.42. The standard InChI is InChI=1S/C29H29N5OS/c1-18-14-15-19(2)23(16-18)17-36-29-32-28-30-21(4)25(27(35)31-24-13-9-8-10-20(24)3)26(34(28)33-29)22-11-6-5-7-12-22/h5-16,26H,17H2,1-4H3,(H,31,35)(H,30,32,33). The number of hydrogen-bond acceptors (Lipinski definition) is 5. The smallest absolute Gasteiger partial charge is 0.255 e. The van der Waals surface area contributed by atoms with Gasteiger partial charge in [-0.1, -0.05) is 84.1 Å². The van der Waals surface area contributed by atoms with Crippen molar-refractivity contribution < 1.29 is 4.79 Å². The van der Waals surface area contributed by atoms with Crippen molar-refractivity contribution in [3.05, 3.63) is 112 Å². The molecule has 0 fully saturated rings. The average molecular weight is 496 g/mol. The van der Waals surface area contributed by atoms with Crippen molar-refractivity contribution >= 4 is 29.3 Å². The molecule has 0 saturated carbocycles. The van der Waals surface area contributed by atoms with Crippen molar-refractivity contribution in [3.8, 4) is 0 Å². The Bertz CT molecular complexity index is 1460. The largest absolute Gasteiger partial charge is 0.328 e. The van der Waals surface area contributed by atoms with Gasteiger partial charge in [-0.05, 0) is 56.0 Å². The molecule has 0 saturated heterocycles. The van der Waals surface area contributed by atoms with E-state index < -0.39 is 6.04 Å². The number of anilines is 2. The first-order valence-electron chi connectivity index (χ1n) is 12.0. The molecule has 1 aromatic heterocycles. The molecule has 7 heteroatoms.